The molecule has 0 aliphatic rings. The Kier molecular flexibility index (Phi) is 6.97. The summed E-state index contributed by atoms with van der Waals surface area (Å²) in [4.78, 5) is 10.3. The Labute approximate surface area is 236 Å². The van der Waals surface area contributed by atoms with Crippen molar-refractivity contribution in [1.82, 2.24) is 0 Å². The molecule has 0 heterocycles. The van der Waals surface area contributed by atoms with Gasteiger partial charge in [0.25, 0.3) is 0 Å². The van der Waals surface area contributed by atoms with E-state index in [0.717, 1.165) is 55.2 Å². The Bertz CT molecular complexity index is 1670. The molecule has 0 aliphatic heterocycles. The van der Waals surface area contributed by atoms with E-state index in [1.54, 1.807) is 12.1 Å². The lowest BCUT2D eigenvalue weighted by Gasteiger charge is -2.27. The van der Waals surface area contributed by atoms with E-state index in [1.165, 1.54) is 0 Å². The van der Waals surface area contributed by atoms with Gasteiger partial charge in [0.1, 0.15) is 11.5 Å². The van der Waals surface area contributed by atoms with Crippen LogP contribution in [-0.4, -0.2) is 21.6 Å². The SMILES string of the molecule is CC(=NC(C)(C)c1cccc(C(C)(C)N=C(C)c2c(O)ccc3ccccc23)c1)c1c(O)ccc2ccccc12. The number of hydrogen-bond donors (Lipinski definition) is 2. The third kappa shape index (κ3) is 5.10. The van der Waals surface area contributed by atoms with Gasteiger partial charge in [-0.1, -0.05) is 84.9 Å². The van der Waals surface area contributed by atoms with Crippen LogP contribution in [0.4, 0.5) is 0 Å². The van der Waals surface area contributed by atoms with Gasteiger partial charge in [0.2, 0.25) is 0 Å². The van der Waals surface area contributed by atoms with E-state index in [9.17, 15) is 10.2 Å². The van der Waals surface area contributed by atoms with E-state index in [0.29, 0.717) is 0 Å². The van der Waals surface area contributed by atoms with E-state index in [-0.39, 0.29) is 11.5 Å². The number of phenolic OH excluding ortho intramolecular Hbond substituents is 2. The summed E-state index contributed by atoms with van der Waals surface area (Å²) < 4.78 is 0. The molecule has 0 spiro atoms. The molecule has 5 rings (SSSR count). The van der Waals surface area contributed by atoms with Crippen LogP contribution in [0.5, 0.6) is 11.5 Å². The third-order valence-corrected chi connectivity index (χ3v) is 7.71. The van der Waals surface area contributed by atoms with Crippen LogP contribution in [0.25, 0.3) is 21.5 Å². The van der Waals surface area contributed by atoms with Gasteiger partial charge in [-0.25, -0.2) is 0 Å². The van der Waals surface area contributed by atoms with Gasteiger partial charge < -0.3 is 10.2 Å². The topological polar surface area (TPSA) is 65.2 Å². The van der Waals surface area contributed by atoms with Crippen molar-refractivity contribution >= 4 is 33.0 Å². The quantitative estimate of drug-likeness (QED) is 0.216. The maximum absolute atomic E-state index is 10.7. The molecule has 0 radical (unpaired) electrons. The molecule has 5 aromatic rings. The molecule has 5 aromatic carbocycles. The largest absolute Gasteiger partial charge is 0.507 e. The monoisotopic (exact) mass is 528 g/mol. The summed E-state index contributed by atoms with van der Waals surface area (Å²) in [6.45, 7) is 12.3. The fraction of sp³-hybridized carbons (Fsp3) is 0.222. The predicted molar refractivity (Wildman–Crippen MR) is 168 cm³/mol. The first-order valence-corrected chi connectivity index (χ1v) is 13.6. The van der Waals surface area contributed by atoms with Gasteiger partial charge in [0, 0.05) is 22.6 Å². The molecule has 0 aromatic heterocycles. The van der Waals surface area contributed by atoms with Crippen molar-refractivity contribution in [2.45, 2.75) is 52.6 Å². The molecule has 0 saturated heterocycles. The molecule has 202 valence electrons. The lowest BCUT2D eigenvalue weighted by atomic mass is 9.87. The van der Waals surface area contributed by atoms with Crippen LogP contribution < -0.4 is 0 Å². The Morgan fingerprint density at radius 1 is 0.525 bits per heavy atom. The number of aromatic hydroxyl groups is 2. The maximum Gasteiger partial charge on any atom is 0.125 e. The maximum atomic E-state index is 10.7. The molecule has 0 amide bonds. The summed E-state index contributed by atoms with van der Waals surface area (Å²) in [7, 11) is 0. The minimum absolute atomic E-state index is 0.229. The number of hydrogen-bond acceptors (Lipinski definition) is 4. The van der Waals surface area contributed by atoms with Gasteiger partial charge in [-0.3, -0.25) is 9.98 Å². The standard InChI is InChI=1S/C36H36N2O2/c1-23(33-29-16-9-7-12-25(29)18-20-31(33)39)37-35(3,4)27-14-11-15-28(22-27)36(5,6)38-24(2)34-30-17-10-8-13-26(30)19-21-32(34)40/h7-22,39-40H,1-6H3. The summed E-state index contributed by atoms with van der Waals surface area (Å²) >= 11 is 0. The summed E-state index contributed by atoms with van der Waals surface area (Å²) in [5.41, 5.74) is 4.10. The molecule has 4 nitrogen and oxygen atoms in total. The van der Waals surface area contributed by atoms with Crippen molar-refractivity contribution in [3.8, 4) is 11.5 Å². The Morgan fingerprint density at radius 3 is 1.35 bits per heavy atom. The second-order valence-electron chi connectivity index (χ2n) is 11.5. The number of nitrogens with zero attached hydrogens (tertiary/aromatic N) is 2. The average Bonchev–Trinajstić information content (AvgIpc) is 2.92. The summed E-state index contributed by atoms with van der Waals surface area (Å²) in [5, 5.41) is 25.6. The highest BCUT2D eigenvalue weighted by Crippen LogP contribution is 2.35. The van der Waals surface area contributed by atoms with Gasteiger partial charge in [-0.2, -0.15) is 0 Å². The lowest BCUT2D eigenvalue weighted by Crippen LogP contribution is -2.20. The van der Waals surface area contributed by atoms with Crippen LogP contribution >= 0.6 is 0 Å². The minimum atomic E-state index is -0.549. The molecule has 0 bridgehead atoms. The van der Waals surface area contributed by atoms with Crippen LogP contribution in [0.3, 0.4) is 0 Å². The highest BCUT2D eigenvalue weighted by molar-refractivity contribution is 6.13. The van der Waals surface area contributed by atoms with Gasteiger partial charge in [0.05, 0.1) is 11.1 Å². The smallest absolute Gasteiger partial charge is 0.125 e. The van der Waals surface area contributed by atoms with Crippen LogP contribution in [-0.2, 0) is 11.1 Å². The predicted octanol–water partition coefficient (Wildman–Crippen LogP) is 8.89. The van der Waals surface area contributed by atoms with E-state index in [4.69, 9.17) is 9.98 Å². The van der Waals surface area contributed by atoms with Crippen molar-refractivity contribution in [2.24, 2.45) is 9.98 Å². The summed E-state index contributed by atoms with van der Waals surface area (Å²) in [6, 6.07) is 31.8. The van der Waals surface area contributed by atoms with Crippen LogP contribution in [0.2, 0.25) is 0 Å². The fourth-order valence-corrected chi connectivity index (χ4v) is 5.64. The van der Waals surface area contributed by atoms with Crippen molar-refractivity contribution < 1.29 is 10.2 Å². The number of rotatable bonds is 6. The van der Waals surface area contributed by atoms with Crippen molar-refractivity contribution in [3.05, 3.63) is 119 Å². The van der Waals surface area contributed by atoms with Crippen molar-refractivity contribution in [1.29, 1.82) is 0 Å². The van der Waals surface area contributed by atoms with E-state index in [2.05, 4.69) is 52.0 Å². The molecule has 0 aliphatic carbocycles. The third-order valence-electron chi connectivity index (χ3n) is 7.71. The zero-order valence-corrected chi connectivity index (χ0v) is 24.0. The number of benzene rings is 5. The molecule has 0 atom stereocenters. The number of fused-ring (bicyclic) bond motifs is 2. The second-order valence-corrected chi connectivity index (χ2v) is 11.5. The summed E-state index contributed by atoms with van der Waals surface area (Å²) in [6.07, 6.45) is 0. The first kappa shape index (κ1) is 27.1. The fourth-order valence-electron chi connectivity index (χ4n) is 5.64. The van der Waals surface area contributed by atoms with Crippen molar-refractivity contribution in [2.75, 3.05) is 0 Å². The molecule has 0 fully saturated rings. The number of aliphatic imine (C=N–C) groups is 2. The average molecular weight is 529 g/mol. The Balaban J connectivity index is 1.53. The van der Waals surface area contributed by atoms with Crippen LogP contribution in [0.1, 0.15) is 63.8 Å². The van der Waals surface area contributed by atoms with Gasteiger partial charge in [-0.05, 0) is 86.3 Å². The Hall–Kier alpha value is -4.44. The summed E-state index contributed by atoms with van der Waals surface area (Å²) in [5.74, 6) is 0.458. The zero-order valence-electron chi connectivity index (χ0n) is 24.0. The van der Waals surface area contributed by atoms with Crippen molar-refractivity contribution in [3.63, 3.8) is 0 Å². The van der Waals surface area contributed by atoms with Gasteiger partial charge >= 0.3 is 0 Å². The molecule has 4 heteroatoms. The molecule has 0 unspecified atom stereocenters. The highest BCUT2D eigenvalue weighted by Gasteiger charge is 2.26. The molecule has 0 saturated carbocycles. The molecule has 40 heavy (non-hydrogen) atoms. The van der Waals surface area contributed by atoms with Gasteiger partial charge in [-0.15, -0.1) is 0 Å². The van der Waals surface area contributed by atoms with Crippen LogP contribution in [0, 0.1) is 0 Å². The molecular formula is C36H36N2O2. The van der Waals surface area contributed by atoms with Gasteiger partial charge in [0.15, 0.2) is 0 Å². The Morgan fingerprint density at radius 2 is 0.925 bits per heavy atom. The van der Waals surface area contributed by atoms with E-state index < -0.39 is 11.1 Å². The minimum Gasteiger partial charge on any atom is -0.507 e. The highest BCUT2D eigenvalue weighted by atomic mass is 16.3. The molecule has 2 N–H and O–H groups in total. The van der Waals surface area contributed by atoms with Crippen LogP contribution in [0.15, 0.2) is 107 Å². The zero-order chi connectivity index (χ0) is 28.7. The first-order valence-electron chi connectivity index (χ1n) is 13.6. The molecular weight excluding hydrogens is 492 g/mol. The lowest BCUT2D eigenvalue weighted by molar-refractivity contribution is 0.474. The van der Waals surface area contributed by atoms with E-state index >= 15 is 0 Å². The normalized spacial score (nSPS) is 13.2. The second kappa shape index (κ2) is 10.3. The number of phenols is 2. The van der Waals surface area contributed by atoms with E-state index in [1.807, 2.05) is 74.5 Å². The first-order chi connectivity index (χ1) is 19.0.